The van der Waals surface area contributed by atoms with Gasteiger partial charge in [0.2, 0.25) is 0 Å². The van der Waals surface area contributed by atoms with Crippen molar-refractivity contribution < 1.29 is 4.79 Å². The highest BCUT2D eigenvalue weighted by Crippen LogP contribution is 2.40. The van der Waals surface area contributed by atoms with Crippen molar-refractivity contribution >= 4 is 45.9 Å². The van der Waals surface area contributed by atoms with E-state index in [0.717, 1.165) is 22.4 Å². The molecule has 2 aliphatic rings. The Morgan fingerprint density at radius 3 is 2.63 bits per heavy atom. The molecule has 2 aromatic carbocycles. The van der Waals surface area contributed by atoms with Gasteiger partial charge in [-0.1, -0.05) is 18.2 Å². The van der Waals surface area contributed by atoms with Gasteiger partial charge in [-0.25, -0.2) is 4.99 Å². The minimum atomic E-state index is -0.103. The average molecular weight is 418 g/mol. The monoisotopic (exact) mass is 417 g/mol. The van der Waals surface area contributed by atoms with E-state index < -0.39 is 0 Å². The summed E-state index contributed by atoms with van der Waals surface area (Å²) in [6.07, 6.45) is 4.27. The molecule has 4 nitrogen and oxygen atoms in total. The van der Waals surface area contributed by atoms with Crippen molar-refractivity contribution in [3.05, 3.63) is 69.6 Å². The minimum absolute atomic E-state index is 0.0220. The molecule has 0 unspecified atom stereocenters. The van der Waals surface area contributed by atoms with Crippen molar-refractivity contribution in [1.82, 2.24) is 5.32 Å². The standard InChI is InChI=1S/C25H27N3OS/c1-15-8-7-9-19(10-15)26-24-27-23(29)22(30-24)13-18-12-20-17(3)14-25(4,5)28(6)21(20)11-16(18)2/h7-14H,1-6H3,(H,26,27,29)/b22-13+. The van der Waals surface area contributed by atoms with Gasteiger partial charge in [0.05, 0.1) is 16.1 Å². The maximum atomic E-state index is 12.5. The molecule has 1 N–H and O–H groups in total. The van der Waals surface area contributed by atoms with E-state index in [1.165, 1.54) is 28.6 Å². The molecule has 30 heavy (non-hydrogen) atoms. The summed E-state index contributed by atoms with van der Waals surface area (Å²) in [7, 11) is 2.13. The molecule has 0 aliphatic carbocycles. The molecule has 2 aromatic rings. The van der Waals surface area contributed by atoms with Crippen molar-refractivity contribution in [2.24, 2.45) is 4.99 Å². The van der Waals surface area contributed by atoms with Crippen LogP contribution in [-0.4, -0.2) is 23.7 Å². The Bertz CT molecular complexity index is 1140. The molecule has 0 radical (unpaired) electrons. The molecule has 1 amide bonds. The molecule has 0 bridgehead atoms. The Morgan fingerprint density at radius 1 is 1.13 bits per heavy atom. The van der Waals surface area contributed by atoms with Gasteiger partial charge in [0.15, 0.2) is 5.17 Å². The van der Waals surface area contributed by atoms with Crippen LogP contribution in [-0.2, 0) is 4.79 Å². The number of carbonyl (C=O) groups is 1. The number of allylic oxidation sites excluding steroid dienone is 1. The van der Waals surface area contributed by atoms with Crippen LogP contribution < -0.4 is 10.2 Å². The van der Waals surface area contributed by atoms with Crippen molar-refractivity contribution in [1.29, 1.82) is 0 Å². The first-order valence-electron chi connectivity index (χ1n) is 10.1. The predicted octanol–water partition coefficient (Wildman–Crippen LogP) is 5.83. The molecule has 4 rings (SSSR count). The SMILES string of the molecule is CC1=CC(C)(C)N(C)c2cc(C)c(/C=C3/SC(=Nc4cccc(C)c4)NC3=O)cc21. The lowest BCUT2D eigenvalue weighted by Gasteiger charge is -2.41. The van der Waals surface area contributed by atoms with Crippen LogP contribution in [0, 0.1) is 13.8 Å². The minimum Gasteiger partial charge on any atom is -0.365 e. The number of hydrogen-bond acceptors (Lipinski definition) is 4. The van der Waals surface area contributed by atoms with Crippen LogP contribution in [0.5, 0.6) is 0 Å². The molecule has 1 fully saturated rings. The van der Waals surface area contributed by atoms with E-state index in [4.69, 9.17) is 0 Å². The molecule has 5 heteroatoms. The largest absolute Gasteiger partial charge is 0.365 e. The second-order valence-corrected chi connectivity index (χ2v) is 9.62. The Kier molecular flexibility index (Phi) is 5.10. The van der Waals surface area contributed by atoms with E-state index in [2.05, 4.69) is 68.2 Å². The fourth-order valence-electron chi connectivity index (χ4n) is 3.91. The van der Waals surface area contributed by atoms with Crippen LogP contribution in [0.3, 0.4) is 0 Å². The van der Waals surface area contributed by atoms with Gasteiger partial charge in [0.1, 0.15) is 0 Å². The van der Waals surface area contributed by atoms with Gasteiger partial charge in [-0.05, 0) is 99.0 Å². The first-order chi connectivity index (χ1) is 14.1. The van der Waals surface area contributed by atoms with Crippen LogP contribution in [0.25, 0.3) is 11.6 Å². The number of aryl methyl sites for hydroxylation is 2. The number of nitrogens with zero attached hydrogens (tertiary/aromatic N) is 2. The van der Waals surface area contributed by atoms with Crippen molar-refractivity contribution in [2.75, 3.05) is 11.9 Å². The average Bonchev–Trinajstić information content (AvgIpc) is 2.99. The molecule has 2 aliphatic heterocycles. The first kappa shape index (κ1) is 20.5. The summed E-state index contributed by atoms with van der Waals surface area (Å²) in [5.41, 5.74) is 7.87. The number of aliphatic imine (C=N–C) groups is 1. The Hall–Kier alpha value is -2.79. The summed E-state index contributed by atoms with van der Waals surface area (Å²) in [5.74, 6) is -0.103. The number of likely N-dealkylation sites (N-methyl/N-ethyl adjacent to an activating group) is 1. The van der Waals surface area contributed by atoms with Crippen molar-refractivity contribution in [2.45, 2.75) is 40.2 Å². The molecular formula is C25H27N3OS. The van der Waals surface area contributed by atoms with Gasteiger partial charge in [-0.3, -0.25) is 4.79 Å². The highest BCUT2D eigenvalue weighted by Gasteiger charge is 2.29. The number of amidine groups is 1. The van der Waals surface area contributed by atoms with Crippen molar-refractivity contribution in [3.8, 4) is 0 Å². The predicted molar refractivity (Wildman–Crippen MR) is 129 cm³/mol. The van der Waals surface area contributed by atoms with E-state index in [0.29, 0.717) is 10.1 Å². The highest BCUT2D eigenvalue weighted by atomic mass is 32.2. The number of thioether (sulfide) groups is 1. The fraction of sp³-hybridized carbons (Fsp3) is 0.280. The van der Waals surface area contributed by atoms with Crippen molar-refractivity contribution in [3.63, 3.8) is 0 Å². The van der Waals surface area contributed by atoms with Gasteiger partial charge in [0, 0.05) is 18.3 Å². The Labute approximate surface area is 182 Å². The summed E-state index contributed by atoms with van der Waals surface area (Å²) in [6, 6.07) is 12.4. The van der Waals surface area contributed by atoms with E-state index in [1.54, 1.807) is 0 Å². The number of nitrogens with one attached hydrogen (secondary N) is 1. The van der Waals surface area contributed by atoms with Crippen LogP contribution >= 0.6 is 11.8 Å². The molecular weight excluding hydrogens is 390 g/mol. The third-order valence-electron chi connectivity index (χ3n) is 5.77. The van der Waals surface area contributed by atoms with Gasteiger partial charge >= 0.3 is 0 Å². The normalized spacial score (nSPS) is 20.4. The third-order valence-corrected chi connectivity index (χ3v) is 6.68. The molecule has 0 atom stereocenters. The maximum Gasteiger partial charge on any atom is 0.264 e. The number of rotatable bonds is 2. The summed E-state index contributed by atoms with van der Waals surface area (Å²) in [5, 5.41) is 3.50. The maximum absolute atomic E-state index is 12.5. The number of benzene rings is 2. The molecule has 0 spiro atoms. The van der Waals surface area contributed by atoms with Crippen LogP contribution in [0.15, 0.2) is 52.4 Å². The Morgan fingerprint density at radius 2 is 1.90 bits per heavy atom. The zero-order valence-corrected chi connectivity index (χ0v) is 19.1. The number of fused-ring (bicyclic) bond motifs is 1. The lowest BCUT2D eigenvalue weighted by atomic mass is 9.87. The lowest BCUT2D eigenvalue weighted by Crippen LogP contribution is -2.42. The van der Waals surface area contributed by atoms with E-state index >= 15 is 0 Å². The summed E-state index contributed by atoms with van der Waals surface area (Å²) < 4.78 is 0. The molecule has 0 saturated carbocycles. The van der Waals surface area contributed by atoms with Crippen LogP contribution in [0.2, 0.25) is 0 Å². The second-order valence-electron chi connectivity index (χ2n) is 8.59. The second kappa shape index (κ2) is 7.47. The van der Waals surface area contributed by atoms with Gasteiger partial charge < -0.3 is 10.2 Å². The zero-order chi connectivity index (χ0) is 21.6. The Balaban J connectivity index is 1.67. The number of amides is 1. The molecule has 154 valence electrons. The van der Waals surface area contributed by atoms with E-state index in [9.17, 15) is 4.79 Å². The summed E-state index contributed by atoms with van der Waals surface area (Å²) >= 11 is 1.39. The van der Waals surface area contributed by atoms with E-state index in [-0.39, 0.29) is 11.4 Å². The third kappa shape index (κ3) is 3.82. The summed E-state index contributed by atoms with van der Waals surface area (Å²) in [4.78, 5) is 20.1. The van der Waals surface area contributed by atoms with Gasteiger partial charge in [-0.15, -0.1) is 0 Å². The smallest absolute Gasteiger partial charge is 0.264 e. The summed E-state index contributed by atoms with van der Waals surface area (Å²) in [6.45, 7) is 10.7. The van der Waals surface area contributed by atoms with Gasteiger partial charge in [-0.2, -0.15) is 0 Å². The number of hydrogen-bond donors (Lipinski definition) is 1. The zero-order valence-electron chi connectivity index (χ0n) is 18.3. The first-order valence-corrected chi connectivity index (χ1v) is 10.9. The van der Waals surface area contributed by atoms with Crippen LogP contribution in [0.4, 0.5) is 11.4 Å². The van der Waals surface area contributed by atoms with E-state index in [1.807, 2.05) is 37.3 Å². The number of carbonyl (C=O) groups excluding carboxylic acids is 1. The molecule has 1 saturated heterocycles. The van der Waals surface area contributed by atoms with Gasteiger partial charge in [0.25, 0.3) is 5.91 Å². The van der Waals surface area contributed by atoms with Crippen LogP contribution in [0.1, 0.15) is 43.0 Å². The number of anilines is 1. The quantitative estimate of drug-likeness (QED) is 0.626. The topological polar surface area (TPSA) is 44.7 Å². The fourth-order valence-corrected chi connectivity index (χ4v) is 4.74. The molecule has 0 aromatic heterocycles. The molecule has 2 heterocycles. The highest BCUT2D eigenvalue weighted by molar-refractivity contribution is 8.18. The lowest BCUT2D eigenvalue weighted by molar-refractivity contribution is -0.115.